The number of halogens is 2. The SMILES string of the molecule is F[C@H](CBr)C[C@@H]1CCCCO1. The molecule has 0 spiro atoms. The van der Waals surface area contributed by atoms with E-state index in [-0.39, 0.29) is 6.10 Å². The van der Waals surface area contributed by atoms with Crippen molar-refractivity contribution in [3.05, 3.63) is 0 Å². The van der Waals surface area contributed by atoms with Gasteiger partial charge >= 0.3 is 0 Å². The first-order valence-corrected chi connectivity index (χ1v) is 5.26. The molecule has 66 valence electrons. The normalized spacial score (nSPS) is 28.4. The van der Waals surface area contributed by atoms with E-state index in [2.05, 4.69) is 15.9 Å². The average Bonchev–Trinajstić information content (AvgIpc) is 2.06. The lowest BCUT2D eigenvalue weighted by molar-refractivity contribution is 0.0000546. The molecule has 1 nitrogen and oxygen atoms in total. The second kappa shape index (κ2) is 5.09. The van der Waals surface area contributed by atoms with Crippen LogP contribution in [0, 0.1) is 0 Å². The highest BCUT2D eigenvalue weighted by Gasteiger charge is 2.17. The van der Waals surface area contributed by atoms with Gasteiger partial charge in [-0.25, -0.2) is 4.39 Å². The Morgan fingerprint density at radius 1 is 1.55 bits per heavy atom. The lowest BCUT2D eigenvalue weighted by Crippen LogP contribution is -2.23. The lowest BCUT2D eigenvalue weighted by Gasteiger charge is -2.23. The number of ether oxygens (including phenoxy) is 1. The van der Waals surface area contributed by atoms with E-state index >= 15 is 0 Å². The fourth-order valence-electron chi connectivity index (χ4n) is 1.34. The van der Waals surface area contributed by atoms with Crippen LogP contribution in [0.3, 0.4) is 0 Å². The first-order chi connectivity index (χ1) is 5.33. The molecule has 0 aromatic carbocycles. The number of alkyl halides is 2. The summed E-state index contributed by atoms with van der Waals surface area (Å²) in [4.78, 5) is 0. The van der Waals surface area contributed by atoms with Gasteiger partial charge in [-0.3, -0.25) is 0 Å². The van der Waals surface area contributed by atoms with Gasteiger partial charge in [0.1, 0.15) is 6.17 Å². The van der Waals surface area contributed by atoms with Crippen LogP contribution >= 0.6 is 15.9 Å². The van der Waals surface area contributed by atoms with Gasteiger partial charge in [0.25, 0.3) is 0 Å². The fraction of sp³-hybridized carbons (Fsp3) is 1.00. The number of hydrogen-bond donors (Lipinski definition) is 0. The summed E-state index contributed by atoms with van der Waals surface area (Å²) in [5.41, 5.74) is 0. The van der Waals surface area contributed by atoms with Gasteiger partial charge in [-0.2, -0.15) is 0 Å². The highest BCUT2D eigenvalue weighted by atomic mass is 79.9. The Bertz CT molecular complexity index is 104. The zero-order chi connectivity index (χ0) is 8.10. The zero-order valence-electron chi connectivity index (χ0n) is 6.56. The third kappa shape index (κ3) is 3.52. The summed E-state index contributed by atoms with van der Waals surface area (Å²) in [5, 5.41) is 0.437. The summed E-state index contributed by atoms with van der Waals surface area (Å²) in [6, 6.07) is 0. The smallest absolute Gasteiger partial charge is 0.112 e. The van der Waals surface area contributed by atoms with Crippen LogP contribution in [0.4, 0.5) is 4.39 Å². The van der Waals surface area contributed by atoms with E-state index in [4.69, 9.17) is 4.74 Å². The van der Waals surface area contributed by atoms with Gasteiger partial charge in [-0.05, 0) is 19.3 Å². The minimum Gasteiger partial charge on any atom is -0.378 e. The van der Waals surface area contributed by atoms with Gasteiger partial charge < -0.3 is 4.74 Å². The minimum atomic E-state index is -0.738. The molecule has 3 heteroatoms. The van der Waals surface area contributed by atoms with Gasteiger partial charge in [0.2, 0.25) is 0 Å². The predicted molar refractivity (Wildman–Crippen MR) is 46.9 cm³/mol. The third-order valence-electron chi connectivity index (χ3n) is 1.96. The fourth-order valence-corrected chi connectivity index (χ4v) is 1.61. The molecule has 2 atom stereocenters. The molecular weight excluding hydrogens is 211 g/mol. The van der Waals surface area contributed by atoms with Gasteiger partial charge in [0.05, 0.1) is 6.10 Å². The zero-order valence-corrected chi connectivity index (χ0v) is 8.15. The molecule has 1 aliphatic rings. The van der Waals surface area contributed by atoms with Crippen LogP contribution in [0.15, 0.2) is 0 Å². The van der Waals surface area contributed by atoms with Crippen molar-refractivity contribution in [2.75, 3.05) is 11.9 Å². The topological polar surface area (TPSA) is 9.23 Å². The number of hydrogen-bond acceptors (Lipinski definition) is 1. The van der Waals surface area contributed by atoms with Crippen LogP contribution in [-0.2, 0) is 4.74 Å². The van der Waals surface area contributed by atoms with Crippen molar-refractivity contribution < 1.29 is 9.13 Å². The van der Waals surface area contributed by atoms with Crippen LogP contribution in [0.25, 0.3) is 0 Å². The molecule has 1 rings (SSSR count). The molecule has 0 aromatic rings. The molecule has 0 unspecified atom stereocenters. The van der Waals surface area contributed by atoms with Crippen LogP contribution < -0.4 is 0 Å². The van der Waals surface area contributed by atoms with Gasteiger partial charge in [0, 0.05) is 18.4 Å². The summed E-state index contributed by atoms with van der Waals surface area (Å²) in [6.45, 7) is 0.819. The largest absolute Gasteiger partial charge is 0.378 e. The van der Waals surface area contributed by atoms with Crippen molar-refractivity contribution in [1.29, 1.82) is 0 Å². The Morgan fingerprint density at radius 2 is 2.36 bits per heavy atom. The molecule has 1 aliphatic heterocycles. The maximum atomic E-state index is 12.8. The van der Waals surface area contributed by atoms with E-state index in [0.29, 0.717) is 11.8 Å². The molecule has 0 aliphatic carbocycles. The summed E-state index contributed by atoms with van der Waals surface area (Å²) >= 11 is 3.11. The number of rotatable bonds is 3. The van der Waals surface area contributed by atoms with Gasteiger partial charge in [-0.1, -0.05) is 15.9 Å². The molecule has 0 radical (unpaired) electrons. The molecule has 1 fully saturated rings. The minimum absolute atomic E-state index is 0.177. The first kappa shape index (κ1) is 9.46. The second-order valence-corrected chi connectivity index (χ2v) is 3.62. The van der Waals surface area contributed by atoms with E-state index in [1.165, 1.54) is 6.42 Å². The van der Waals surface area contributed by atoms with Crippen LogP contribution in [-0.4, -0.2) is 24.2 Å². The van der Waals surface area contributed by atoms with Crippen molar-refractivity contribution in [3.63, 3.8) is 0 Å². The molecule has 11 heavy (non-hydrogen) atoms. The first-order valence-electron chi connectivity index (χ1n) is 4.14. The molecule has 0 N–H and O–H groups in total. The van der Waals surface area contributed by atoms with Crippen LogP contribution in [0.5, 0.6) is 0 Å². The van der Waals surface area contributed by atoms with E-state index in [1.54, 1.807) is 0 Å². The molecule has 0 aromatic heterocycles. The summed E-state index contributed by atoms with van der Waals surface area (Å²) in [5.74, 6) is 0. The maximum Gasteiger partial charge on any atom is 0.112 e. The molecule has 0 saturated carbocycles. The van der Waals surface area contributed by atoms with Crippen molar-refractivity contribution >= 4 is 15.9 Å². The van der Waals surface area contributed by atoms with Gasteiger partial charge in [0.15, 0.2) is 0 Å². The highest BCUT2D eigenvalue weighted by molar-refractivity contribution is 9.09. The van der Waals surface area contributed by atoms with Crippen molar-refractivity contribution in [1.82, 2.24) is 0 Å². The van der Waals surface area contributed by atoms with Crippen LogP contribution in [0.2, 0.25) is 0 Å². The van der Waals surface area contributed by atoms with E-state index in [9.17, 15) is 4.39 Å². The van der Waals surface area contributed by atoms with E-state index in [1.807, 2.05) is 0 Å². The molecular formula is C8H14BrFO. The second-order valence-electron chi connectivity index (χ2n) is 2.98. The van der Waals surface area contributed by atoms with Crippen molar-refractivity contribution in [3.8, 4) is 0 Å². The Labute approximate surface area is 75.4 Å². The molecule has 1 saturated heterocycles. The van der Waals surface area contributed by atoms with Crippen LogP contribution in [0.1, 0.15) is 25.7 Å². The predicted octanol–water partition coefficient (Wildman–Crippen LogP) is 2.68. The lowest BCUT2D eigenvalue weighted by atomic mass is 10.0. The van der Waals surface area contributed by atoms with Gasteiger partial charge in [-0.15, -0.1) is 0 Å². The summed E-state index contributed by atoms with van der Waals surface area (Å²) in [7, 11) is 0. The maximum absolute atomic E-state index is 12.8. The van der Waals surface area contributed by atoms with E-state index in [0.717, 1.165) is 19.4 Å². The Morgan fingerprint density at radius 3 is 2.91 bits per heavy atom. The quantitative estimate of drug-likeness (QED) is 0.671. The van der Waals surface area contributed by atoms with E-state index < -0.39 is 6.17 Å². The Hall–Kier alpha value is 0.370. The Kier molecular flexibility index (Phi) is 4.38. The van der Waals surface area contributed by atoms with Crippen molar-refractivity contribution in [2.45, 2.75) is 38.0 Å². The average molecular weight is 225 g/mol. The third-order valence-corrected chi connectivity index (χ3v) is 2.66. The molecule has 0 bridgehead atoms. The molecule has 0 amide bonds. The summed E-state index contributed by atoms with van der Waals surface area (Å²) < 4.78 is 18.2. The molecule has 1 heterocycles. The standard InChI is InChI=1S/C8H14BrFO/c9-6-7(10)5-8-3-1-2-4-11-8/h7-8H,1-6H2/t7-,8-/m0/s1. The van der Waals surface area contributed by atoms with Crippen molar-refractivity contribution in [2.24, 2.45) is 0 Å². The highest BCUT2D eigenvalue weighted by Crippen LogP contribution is 2.18. The monoisotopic (exact) mass is 224 g/mol. The summed E-state index contributed by atoms with van der Waals surface area (Å²) in [6.07, 6.45) is 3.37. The Balaban J connectivity index is 2.13.